The SMILES string of the molecule is C#CCCC1(CCNC(=N)NC(=O)c2c(Oc3cc(F)c(-c4c(C#N)ccc(O)c4C(=O)N=C(N)N)cc3OC)ccc(C#N)c2-c2cccc(F)c2Cl)N=N1. The van der Waals surface area contributed by atoms with Crippen LogP contribution >= 0.6 is 11.6 Å². The molecule has 4 aromatic rings. The van der Waals surface area contributed by atoms with Gasteiger partial charge in [0.2, 0.25) is 0 Å². The third-order valence-corrected chi connectivity index (χ3v) is 8.73. The van der Waals surface area contributed by atoms with Crippen LogP contribution in [-0.2, 0) is 0 Å². The second kappa shape index (κ2) is 16.6. The predicted octanol–water partition coefficient (Wildman–Crippen LogP) is 5.84. The Morgan fingerprint density at radius 3 is 2.29 bits per heavy atom. The molecule has 15 nitrogen and oxygen atoms in total. The van der Waals surface area contributed by atoms with Crippen molar-refractivity contribution in [3.63, 3.8) is 0 Å². The van der Waals surface area contributed by atoms with E-state index in [-0.39, 0.29) is 51.6 Å². The van der Waals surface area contributed by atoms with Gasteiger partial charge in [0.15, 0.2) is 29.1 Å². The van der Waals surface area contributed by atoms with Crippen molar-refractivity contribution in [3.8, 4) is 69.7 Å². The van der Waals surface area contributed by atoms with Gasteiger partial charge in [0.1, 0.15) is 23.1 Å². The quantitative estimate of drug-likeness (QED) is 0.0569. The maximum Gasteiger partial charge on any atom is 0.284 e. The number of hydrogen-bond donors (Lipinski definition) is 6. The van der Waals surface area contributed by atoms with Gasteiger partial charge in [0, 0.05) is 54.1 Å². The second-order valence-corrected chi connectivity index (χ2v) is 12.3. The summed E-state index contributed by atoms with van der Waals surface area (Å²) in [6.07, 6.45) is 6.68. The molecule has 56 heavy (non-hydrogen) atoms. The molecule has 8 N–H and O–H groups in total. The van der Waals surface area contributed by atoms with E-state index >= 15 is 4.39 Å². The molecule has 0 aromatic heterocycles. The van der Waals surface area contributed by atoms with E-state index in [1.807, 2.05) is 12.1 Å². The first-order valence-corrected chi connectivity index (χ1v) is 16.6. The van der Waals surface area contributed by atoms with Crippen molar-refractivity contribution in [1.29, 1.82) is 15.9 Å². The van der Waals surface area contributed by atoms with E-state index in [9.17, 15) is 29.6 Å². The Balaban J connectivity index is 1.60. The van der Waals surface area contributed by atoms with E-state index in [1.165, 1.54) is 31.4 Å². The number of ether oxygens (including phenoxy) is 2. The van der Waals surface area contributed by atoms with Crippen LogP contribution in [0.4, 0.5) is 8.78 Å². The monoisotopic (exact) mass is 778 g/mol. The molecule has 282 valence electrons. The van der Waals surface area contributed by atoms with Gasteiger partial charge in [0.05, 0.1) is 46.5 Å². The number of methoxy groups -OCH3 is 1. The van der Waals surface area contributed by atoms with Crippen molar-refractivity contribution >= 4 is 35.3 Å². The number of hydrogen-bond acceptors (Lipinski definition) is 10. The number of terminal acetylenes is 1. The fourth-order valence-electron chi connectivity index (χ4n) is 5.68. The topological polar surface area (TPSA) is 257 Å². The summed E-state index contributed by atoms with van der Waals surface area (Å²) in [6, 6.07) is 14.1. The van der Waals surface area contributed by atoms with E-state index in [2.05, 4.69) is 31.8 Å². The first-order valence-electron chi connectivity index (χ1n) is 16.3. The molecular weight excluding hydrogens is 750 g/mol. The summed E-state index contributed by atoms with van der Waals surface area (Å²) in [5, 5.41) is 51.7. The minimum absolute atomic E-state index is 0.0786. The highest BCUT2D eigenvalue weighted by atomic mass is 35.5. The number of nitriles is 2. The third-order valence-electron chi connectivity index (χ3n) is 8.34. The highest BCUT2D eigenvalue weighted by Crippen LogP contribution is 2.45. The molecule has 1 aliphatic heterocycles. The molecule has 18 heteroatoms. The number of rotatable bonds is 12. The number of halogens is 3. The molecule has 0 unspecified atom stereocenters. The average molecular weight is 779 g/mol. The number of carbonyl (C=O) groups excluding carboxylic acids is 2. The van der Waals surface area contributed by atoms with Crippen LogP contribution in [0.2, 0.25) is 5.02 Å². The van der Waals surface area contributed by atoms with Gasteiger partial charge >= 0.3 is 0 Å². The summed E-state index contributed by atoms with van der Waals surface area (Å²) in [5.41, 5.74) is 7.63. The van der Waals surface area contributed by atoms with Gasteiger partial charge in [-0.1, -0.05) is 23.7 Å². The van der Waals surface area contributed by atoms with Crippen molar-refractivity contribution in [3.05, 3.63) is 93.5 Å². The minimum atomic E-state index is -1.17. The molecule has 0 bridgehead atoms. The molecule has 1 aliphatic rings. The molecule has 0 aliphatic carbocycles. The van der Waals surface area contributed by atoms with Crippen LogP contribution < -0.4 is 31.6 Å². The van der Waals surface area contributed by atoms with Gasteiger partial charge in [-0.05, 0) is 36.4 Å². The van der Waals surface area contributed by atoms with Crippen LogP contribution in [0.5, 0.6) is 23.0 Å². The number of nitrogens with zero attached hydrogens (tertiary/aromatic N) is 5. The number of phenols is 1. The van der Waals surface area contributed by atoms with Crippen molar-refractivity contribution in [2.45, 2.75) is 24.9 Å². The van der Waals surface area contributed by atoms with Crippen LogP contribution in [0.15, 0.2) is 69.8 Å². The van der Waals surface area contributed by atoms with Crippen LogP contribution in [0.3, 0.4) is 0 Å². The van der Waals surface area contributed by atoms with Gasteiger partial charge in [-0.2, -0.15) is 25.7 Å². The largest absolute Gasteiger partial charge is 0.507 e. The molecule has 0 radical (unpaired) electrons. The lowest BCUT2D eigenvalue weighted by Gasteiger charge is -2.20. The van der Waals surface area contributed by atoms with Crippen LogP contribution in [0, 0.1) is 52.0 Å². The average Bonchev–Trinajstić information content (AvgIpc) is 3.94. The van der Waals surface area contributed by atoms with Gasteiger partial charge in [-0.25, -0.2) is 8.78 Å². The van der Waals surface area contributed by atoms with E-state index < -0.39 is 68.5 Å². The molecule has 4 aromatic carbocycles. The van der Waals surface area contributed by atoms with Gasteiger partial charge in [-0.15, -0.1) is 12.3 Å². The fourth-order valence-corrected chi connectivity index (χ4v) is 5.90. The zero-order valence-electron chi connectivity index (χ0n) is 29.2. The summed E-state index contributed by atoms with van der Waals surface area (Å²) in [5.74, 6) is -4.31. The number of phenolic OH excluding ortho intramolecular Hbond substituents is 1. The van der Waals surface area contributed by atoms with Gasteiger partial charge in [0.25, 0.3) is 11.8 Å². The molecule has 0 atom stereocenters. The highest BCUT2D eigenvalue weighted by Gasteiger charge is 2.38. The molecule has 0 saturated heterocycles. The lowest BCUT2D eigenvalue weighted by atomic mass is 9.92. The third kappa shape index (κ3) is 8.31. The van der Waals surface area contributed by atoms with Crippen LogP contribution in [0.25, 0.3) is 22.3 Å². The summed E-state index contributed by atoms with van der Waals surface area (Å²) >= 11 is 6.35. The number of aromatic hydroxyl groups is 1. The van der Waals surface area contributed by atoms with E-state index in [0.29, 0.717) is 19.3 Å². The van der Waals surface area contributed by atoms with Crippen LogP contribution in [-0.4, -0.2) is 48.2 Å². The summed E-state index contributed by atoms with van der Waals surface area (Å²) in [4.78, 5) is 30.5. The Morgan fingerprint density at radius 1 is 0.982 bits per heavy atom. The normalized spacial score (nSPS) is 11.9. The first-order chi connectivity index (χ1) is 26.8. The standard InChI is InChI=1S/C38H29ClF2N10O5/c1-3-4-12-38(50-51-38)13-14-47-37(46)49-35(54)32-26(11-9-20(18-43)29(32)21-6-5-7-23(40)33(21)39)56-28-16-24(41)22(15-27(28)55-2)30-19(17-42)8-10-25(52)31(30)34(53)48-36(44)45/h1,5-11,15-16,52H,4,12-14H2,2H3,(H4,44,45,48,53)(H3,46,47,49,54). The maximum atomic E-state index is 16.2. The fraction of sp³-hybridized carbons (Fsp3) is 0.158. The Bertz CT molecular complexity index is 2480. The number of nitrogens with two attached hydrogens (primary N) is 2. The van der Waals surface area contributed by atoms with Crippen molar-refractivity contribution in [2.75, 3.05) is 13.7 Å². The molecule has 0 spiro atoms. The molecule has 1 heterocycles. The Labute approximate surface area is 322 Å². The lowest BCUT2D eigenvalue weighted by Crippen LogP contribution is -2.41. The number of carbonyl (C=O) groups is 2. The summed E-state index contributed by atoms with van der Waals surface area (Å²) in [7, 11) is 1.19. The van der Waals surface area contributed by atoms with E-state index in [0.717, 1.165) is 30.3 Å². The second-order valence-electron chi connectivity index (χ2n) is 11.9. The van der Waals surface area contributed by atoms with E-state index in [4.69, 9.17) is 44.4 Å². The smallest absolute Gasteiger partial charge is 0.284 e. The van der Waals surface area contributed by atoms with Crippen LogP contribution in [0.1, 0.15) is 51.1 Å². The van der Waals surface area contributed by atoms with Crippen molar-refractivity contribution < 1.29 is 33.0 Å². The molecular formula is C38H29ClF2N10O5. The number of amides is 2. The van der Waals surface area contributed by atoms with Gasteiger partial charge < -0.3 is 31.4 Å². The molecule has 5 rings (SSSR count). The predicted molar refractivity (Wildman–Crippen MR) is 200 cm³/mol. The van der Waals surface area contributed by atoms with Gasteiger partial charge in [-0.3, -0.25) is 20.3 Å². The highest BCUT2D eigenvalue weighted by molar-refractivity contribution is 6.34. The Morgan fingerprint density at radius 2 is 1.66 bits per heavy atom. The Hall–Kier alpha value is -7.55. The minimum Gasteiger partial charge on any atom is -0.507 e. The molecule has 2 amide bonds. The summed E-state index contributed by atoms with van der Waals surface area (Å²) in [6.45, 7) is 0.162. The first kappa shape index (κ1) is 39.7. The van der Waals surface area contributed by atoms with Crippen molar-refractivity contribution in [2.24, 2.45) is 26.7 Å². The number of benzene rings is 4. The lowest BCUT2D eigenvalue weighted by molar-refractivity contribution is 0.0971. The zero-order chi connectivity index (χ0) is 40.7. The number of nitrogens with one attached hydrogen (secondary N) is 3. The number of aliphatic imine (C=N–C) groups is 1. The zero-order valence-corrected chi connectivity index (χ0v) is 30.0. The molecule has 0 saturated carbocycles. The maximum absolute atomic E-state index is 16.2. The van der Waals surface area contributed by atoms with E-state index in [1.54, 1.807) is 0 Å². The molecule has 0 fully saturated rings. The Kier molecular flexibility index (Phi) is 11.8. The summed E-state index contributed by atoms with van der Waals surface area (Å²) < 4.78 is 42.6. The van der Waals surface area contributed by atoms with Crippen molar-refractivity contribution in [1.82, 2.24) is 10.6 Å². The number of guanidine groups is 2.